The molecule has 0 saturated heterocycles. The fourth-order valence-electron chi connectivity index (χ4n) is 3.23. The molecule has 0 saturated carbocycles. The lowest BCUT2D eigenvalue weighted by Gasteiger charge is -2.13. The maximum Gasteiger partial charge on any atom is 0.261 e. The molecule has 0 aliphatic carbocycles. The van der Waals surface area contributed by atoms with Crippen LogP contribution in [0.1, 0.15) is 18.5 Å². The highest BCUT2D eigenvalue weighted by atomic mass is 16.2. The van der Waals surface area contributed by atoms with E-state index in [-0.39, 0.29) is 23.9 Å². The van der Waals surface area contributed by atoms with Crippen molar-refractivity contribution in [1.82, 2.24) is 24.3 Å². The van der Waals surface area contributed by atoms with Gasteiger partial charge in [0.05, 0.1) is 17.2 Å². The van der Waals surface area contributed by atoms with Gasteiger partial charge in [-0.05, 0) is 49.7 Å². The van der Waals surface area contributed by atoms with Gasteiger partial charge in [0, 0.05) is 11.4 Å². The Balaban J connectivity index is 1.39. The van der Waals surface area contributed by atoms with Crippen LogP contribution in [0.3, 0.4) is 0 Å². The number of amides is 2. The molecule has 0 radical (unpaired) electrons. The number of para-hydroxylation sites is 1. The largest absolute Gasteiger partial charge is 0.325 e. The molecule has 1 atom stereocenters. The molecule has 0 bridgehead atoms. The number of aromatic nitrogens is 5. The Labute approximate surface area is 182 Å². The van der Waals surface area contributed by atoms with Gasteiger partial charge in [-0.3, -0.25) is 19.0 Å². The SMILES string of the molecule is Cc1cccc2c(=O)n(CC(=O)Nc3ccc(NC(=O)C(C)n4cncn4)cc3)cnc12. The smallest absolute Gasteiger partial charge is 0.261 e. The molecule has 0 aliphatic rings. The number of benzene rings is 2. The monoisotopic (exact) mass is 431 g/mol. The molecule has 0 fully saturated rings. The lowest BCUT2D eigenvalue weighted by molar-refractivity contribution is -0.119. The summed E-state index contributed by atoms with van der Waals surface area (Å²) in [6, 6.07) is 11.5. The maximum atomic E-state index is 12.6. The maximum absolute atomic E-state index is 12.6. The third kappa shape index (κ3) is 4.38. The molecule has 32 heavy (non-hydrogen) atoms. The quantitative estimate of drug-likeness (QED) is 0.482. The molecule has 2 amide bonds. The van der Waals surface area contributed by atoms with Crippen molar-refractivity contribution in [2.45, 2.75) is 26.4 Å². The van der Waals surface area contributed by atoms with Gasteiger partial charge in [0.1, 0.15) is 25.2 Å². The number of aryl methyl sites for hydroxylation is 1. The van der Waals surface area contributed by atoms with Crippen LogP contribution in [-0.2, 0) is 16.1 Å². The number of rotatable bonds is 6. The predicted molar refractivity (Wildman–Crippen MR) is 119 cm³/mol. The Kier molecular flexibility index (Phi) is 5.75. The molecule has 4 rings (SSSR count). The first kappa shape index (κ1) is 20.9. The average molecular weight is 431 g/mol. The second-order valence-corrected chi connectivity index (χ2v) is 7.31. The van der Waals surface area contributed by atoms with Crippen molar-refractivity contribution >= 4 is 34.1 Å². The van der Waals surface area contributed by atoms with Crippen molar-refractivity contribution in [1.29, 1.82) is 0 Å². The van der Waals surface area contributed by atoms with E-state index in [4.69, 9.17) is 0 Å². The van der Waals surface area contributed by atoms with Crippen molar-refractivity contribution in [3.8, 4) is 0 Å². The molecular formula is C22H21N7O3. The number of carbonyl (C=O) groups excluding carboxylic acids is 2. The standard InChI is InChI=1S/C22H21N7O3/c1-14-4-3-5-18-20(14)24-13-28(22(18)32)10-19(30)26-16-6-8-17(9-7-16)27-21(31)15(2)29-12-23-11-25-29/h3-9,11-13,15H,10H2,1-2H3,(H,26,30)(H,27,31). The number of hydrogen-bond donors (Lipinski definition) is 2. The molecule has 0 spiro atoms. The molecule has 2 N–H and O–H groups in total. The van der Waals surface area contributed by atoms with Gasteiger partial charge in [-0.15, -0.1) is 0 Å². The summed E-state index contributed by atoms with van der Waals surface area (Å²) in [6.07, 6.45) is 4.22. The van der Waals surface area contributed by atoms with E-state index in [1.807, 2.05) is 13.0 Å². The normalized spacial score (nSPS) is 11.8. The molecule has 1 unspecified atom stereocenters. The van der Waals surface area contributed by atoms with E-state index in [2.05, 4.69) is 25.7 Å². The third-order valence-corrected chi connectivity index (χ3v) is 5.02. The highest BCUT2D eigenvalue weighted by molar-refractivity contribution is 5.94. The lowest BCUT2D eigenvalue weighted by atomic mass is 10.1. The Bertz CT molecular complexity index is 1330. The van der Waals surface area contributed by atoms with Gasteiger partial charge in [-0.25, -0.2) is 14.6 Å². The van der Waals surface area contributed by atoms with E-state index in [0.717, 1.165) is 5.56 Å². The van der Waals surface area contributed by atoms with Crippen LogP contribution in [0.15, 0.2) is 66.2 Å². The van der Waals surface area contributed by atoms with Crippen LogP contribution in [0, 0.1) is 6.92 Å². The molecule has 10 heteroatoms. The van der Waals surface area contributed by atoms with Crippen molar-refractivity contribution < 1.29 is 9.59 Å². The second kappa shape index (κ2) is 8.80. The summed E-state index contributed by atoms with van der Waals surface area (Å²) in [7, 11) is 0. The summed E-state index contributed by atoms with van der Waals surface area (Å²) < 4.78 is 2.73. The molecule has 2 aromatic carbocycles. The van der Waals surface area contributed by atoms with E-state index < -0.39 is 6.04 Å². The number of carbonyl (C=O) groups is 2. The second-order valence-electron chi connectivity index (χ2n) is 7.31. The Hall–Kier alpha value is -4.34. The van der Waals surface area contributed by atoms with Crippen molar-refractivity contribution in [3.63, 3.8) is 0 Å². The van der Waals surface area contributed by atoms with Gasteiger partial charge in [-0.1, -0.05) is 12.1 Å². The summed E-state index contributed by atoms with van der Waals surface area (Å²) in [5, 5.41) is 9.95. The number of fused-ring (bicyclic) bond motifs is 1. The first-order valence-corrected chi connectivity index (χ1v) is 9.92. The first-order valence-electron chi connectivity index (χ1n) is 9.92. The first-order chi connectivity index (χ1) is 15.4. The minimum atomic E-state index is -0.519. The zero-order valence-electron chi connectivity index (χ0n) is 17.5. The summed E-state index contributed by atoms with van der Waals surface area (Å²) in [6.45, 7) is 3.43. The van der Waals surface area contributed by atoms with Crippen LogP contribution < -0.4 is 16.2 Å². The van der Waals surface area contributed by atoms with E-state index >= 15 is 0 Å². The summed E-state index contributed by atoms with van der Waals surface area (Å²) >= 11 is 0. The zero-order chi connectivity index (χ0) is 22.7. The molecule has 10 nitrogen and oxygen atoms in total. The summed E-state index contributed by atoms with van der Waals surface area (Å²) in [4.78, 5) is 45.5. The van der Waals surface area contributed by atoms with Crippen LogP contribution in [0.5, 0.6) is 0 Å². The van der Waals surface area contributed by atoms with E-state index in [1.165, 1.54) is 28.2 Å². The molecule has 2 aromatic heterocycles. The molecule has 2 heterocycles. The molecular weight excluding hydrogens is 410 g/mol. The topological polar surface area (TPSA) is 124 Å². The Morgan fingerprint density at radius 2 is 1.75 bits per heavy atom. The molecule has 4 aromatic rings. The van der Waals surface area contributed by atoms with Gasteiger partial charge >= 0.3 is 0 Å². The van der Waals surface area contributed by atoms with Gasteiger partial charge in [0.25, 0.3) is 5.56 Å². The fourth-order valence-corrected chi connectivity index (χ4v) is 3.23. The Morgan fingerprint density at radius 1 is 1.03 bits per heavy atom. The number of anilines is 2. The van der Waals surface area contributed by atoms with Crippen molar-refractivity contribution in [2.75, 3.05) is 10.6 Å². The van der Waals surface area contributed by atoms with Crippen molar-refractivity contribution in [3.05, 3.63) is 77.4 Å². The van der Waals surface area contributed by atoms with Crippen molar-refractivity contribution in [2.24, 2.45) is 0 Å². The van der Waals surface area contributed by atoms with Crippen LogP contribution in [-0.4, -0.2) is 36.1 Å². The van der Waals surface area contributed by atoms with E-state index in [1.54, 1.807) is 43.3 Å². The van der Waals surface area contributed by atoms with Gasteiger partial charge < -0.3 is 10.6 Å². The predicted octanol–water partition coefficient (Wildman–Crippen LogP) is 2.13. The number of hydrogen-bond acceptors (Lipinski definition) is 6. The molecule has 0 aliphatic heterocycles. The highest BCUT2D eigenvalue weighted by Gasteiger charge is 2.15. The van der Waals surface area contributed by atoms with Crippen LogP contribution >= 0.6 is 0 Å². The van der Waals surface area contributed by atoms with Gasteiger partial charge in [-0.2, -0.15) is 5.10 Å². The number of nitrogens with one attached hydrogen (secondary N) is 2. The summed E-state index contributed by atoms with van der Waals surface area (Å²) in [5.74, 6) is -0.608. The Morgan fingerprint density at radius 3 is 2.44 bits per heavy atom. The van der Waals surface area contributed by atoms with E-state index in [0.29, 0.717) is 22.3 Å². The summed E-state index contributed by atoms with van der Waals surface area (Å²) in [5.41, 5.74) is 2.37. The van der Waals surface area contributed by atoms with Crippen LogP contribution in [0.2, 0.25) is 0 Å². The van der Waals surface area contributed by atoms with Crippen LogP contribution in [0.4, 0.5) is 11.4 Å². The average Bonchev–Trinajstić information content (AvgIpc) is 3.32. The minimum absolute atomic E-state index is 0.163. The van der Waals surface area contributed by atoms with Gasteiger partial charge in [0.15, 0.2) is 0 Å². The fraction of sp³-hybridized carbons (Fsp3) is 0.182. The van der Waals surface area contributed by atoms with Crippen LogP contribution in [0.25, 0.3) is 10.9 Å². The zero-order valence-corrected chi connectivity index (χ0v) is 17.5. The highest BCUT2D eigenvalue weighted by Crippen LogP contribution is 2.16. The van der Waals surface area contributed by atoms with E-state index in [9.17, 15) is 14.4 Å². The lowest BCUT2D eigenvalue weighted by Crippen LogP contribution is -2.28. The third-order valence-electron chi connectivity index (χ3n) is 5.02. The van der Waals surface area contributed by atoms with Gasteiger partial charge in [0.2, 0.25) is 11.8 Å². The minimum Gasteiger partial charge on any atom is -0.325 e. The number of nitrogens with zero attached hydrogens (tertiary/aromatic N) is 5. The molecule has 162 valence electrons.